The van der Waals surface area contributed by atoms with Crippen LogP contribution in [0.5, 0.6) is 0 Å². The number of halogens is 1. The van der Waals surface area contributed by atoms with E-state index in [0.717, 1.165) is 23.1 Å². The van der Waals surface area contributed by atoms with Gasteiger partial charge in [0.2, 0.25) is 0 Å². The number of alkyl halides is 1. The fraction of sp³-hybridized carbons (Fsp3) is 1.00. The van der Waals surface area contributed by atoms with Crippen LogP contribution in [0.15, 0.2) is 0 Å². The molecule has 0 spiro atoms. The summed E-state index contributed by atoms with van der Waals surface area (Å²) in [6.07, 6.45) is 1.30. The van der Waals surface area contributed by atoms with Crippen molar-refractivity contribution in [2.24, 2.45) is 17.8 Å². The molecule has 0 aromatic carbocycles. The van der Waals surface area contributed by atoms with Crippen molar-refractivity contribution in [2.75, 3.05) is 5.33 Å². The molecule has 0 N–H and O–H groups in total. The van der Waals surface area contributed by atoms with Gasteiger partial charge in [0.1, 0.15) is 0 Å². The van der Waals surface area contributed by atoms with E-state index in [9.17, 15) is 0 Å². The SMILES string of the molecule is CCC(C)C(C)C(C)CBr. The molecular formula is C9H19Br. The van der Waals surface area contributed by atoms with Gasteiger partial charge in [0.25, 0.3) is 0 Å². The fourth-order valence-electron chi connectivity index (χ4n) is 1.07. The largest absolute Gasteiger partial charge is 0.0925 e. The number of hydrogen-bond donors (Lipinski definition) is 0. The molecule has 0 aliphatic carbocycles. The average Bonchev–Trinajstić information content (AvgIpc) is 2.00. The van der Waals surface area contributed by atoms with E-state index < -0.39 is 0 Å². The van der Waals surface area contributed by atoms with Gasteiger partial charge in [-0.1, -0.05) is 50.0 Å². The molecule has 0 aromatic rings. The quantitative estimate of drug-likeness (QED) is 0.616. The molecular weight excluding hydrogens is 188 g/mol. The highest BCUT2D eigenvalue weighted by molar-refractivity contribution is 9.09. The molecule has 0 radical (unpaired) electrons. The van der Waals surface area contributed by atoms with Crippen LogP contribution in [-0.4, -0.2) is 5.33 Å². The smallest absolute Gasteiger partial charge is 0.00596 e. The first-order chi connectivity index (χ1) is 4.63. The van der Waals surface area contributed by atoms with Crippen LogP contribution in [0.3, 0.4) is 0 Å². The van der Waals surface area contributed by atoms with E-state index in [1.807, 2.05) is 0 Å². The highest BCUT2D eigenvalue weighted by atomic mass is 79.9. The number of rotatable bonds is 4. The van der Waals surface area contributed by atoms with Crippen molar-refractivity contribution in [3.63, 3.8) is 0 Å². The van der Waals surface area contributed by atoms with Gasteiger partial charge in [0, 0.05) is 5.33 Å². The Kier molecular flexibility index (Phi) is 5.42. The predicted molar refractivity (Wildman–Crippen MR) is 51.6 cm³/mol. The lowest BCUT2D eigenvalue weighted by atomic mass is 9.85. The molecule has 3 atom stereocenters. The standard InChI is InChI=1S/C9H19Br/c1-5-7(2)9(4)8(3)6-10/h7-9H,5-6H2,1-4H3. The zero-order chi connectivity index (χ0) is 8.15. The van der Waals surface area contributed by atoms with Crippen molar-refractivity contribution in [2.45, 2.75) is 34.1 Å². The maximum absolute atomic E-state index is 3.51. The molecule has 62 valence electrons. The predicted octanol–water partition coefficient (Wildman–Crippen LogP) is 3.70. The maximum atomic E-state index is 3.51. The van der Waals surface area contributed by atoms with Crippen LogP contribution >= 0.6 is 15.9 Å². The topological polar surface area (TPSA) is 0 Å². The van der Waals surface area contributed by atoms with Crippen LogP contribution in [0.2, 0.25) is 0 Å². The Hall–Kier alpha value is 0.480. The third-order valence-electron chi connectivity index (χ3n) is 2.68. The Balaban J connectivity index is 3.69. The van der Waals surface area contributed by atoms with Crippen molar-refractivity contribution < 1.29 is 0 Å². The molecule has 3 unspecified atom stereocenters. The van der Waals surface area contributed by atoms with Crippen molar-refractivity contribution in [3.8, 4) is 0 Å². The molecule has 0 nitrogen and oxygen atoms in total. The van der Waals surface area contributed by atoms with Gasteiger partial charge in [-0.15, -0.1) is 0 Å². The Morgan fingerprint density at radius 3 is 1.90 bits per heavy atom. The molecule has 0 aliphatic rings. The van der Waals surface area contributed by atoms with E-state index in [-0.39, 0.29) is 0 Å². The van der Waals surface area contributed by atoms with Crippen molar-refractivity contribution in [1.82, 2.24) is 0 Å². The van der Waals surface area contributed by atoms with Gasteiger partial charge in [-0.2, -0.15) is 0 Å². The van der Waals surface area contributed by atoms with E-state index >= 15 is 0 Å². The van der Waals surface area contributed by atoms with Gasteiger partial charge < -0.3 is 0 Å². The second-order valence-electron chi connectivity index (χ2n) is 3.38. The van der Waals surface area contributed by atoms with E-state index in [4.69, 9.17) is 0 Å². The molecule has 0 heterocycles. The second-order valence-corrected chi connectivity index (χ2v) is 4.02. The van der Waals surface area contributed by atoms with Crippen LogP contribution < -0.4 is 0 Å². The molecule has 0 amide bonds. The van der Waals surface area contributed by atoms with E-state index in [1.54, 1.807) is 0 Å². The van der Waals surface area contributed by atoms with Gasteiger partial charge >= 0.3 is 0 Å². The van der Waals surface area contributed by atoms with E-state index in [0.29, 0.717) is 0 Å². The molecule has 1 heteroatoms. The minimum absolute atomic E-state index is 0.815. The summed E-state index contributed by atoms with van der Waals surface area (Å²) in [7, 11) is 0. The zero-order valence-corrected chi connectivity index (χ0v) is 9.11. The highest BCUT2D eigenvalue weighted by Gasteiger charge is 2.15. The summed E-state index contributed by atoms with van der Waals surface area (Å²) in [5.74, 6) is 2.53. The third kappa shape index (κ3) is 3.05. The average molecular weight is 207 g/mol. The molecule has 0 saturated heterocycles. The maximum Gasteiger partial charge on any atom is 0.00596 e. The van der Waals surface area contributed by atoms with Crippen molar-refractivity contribution in [3.05, 3.63) is 0 Å². The summed E-state index contributed by atoms with van der Waals surface area (Å²) in [4.78, 5) is 0. The van der Waals surface area contributed by atoms with Gasteiger partial charge in [0.05, 0.1) is 0 Å². The summed E-state index contributed by atoms with van der Waals surface area (Å²) in [5, 5.41) is 1.14. The van der Waals surface area contributed by atoms with Crippen LogP contribution in [0.25, 0.3) is 0 Å². The summed E-state index contributed by atoms with van der Waals surface area (Å²) in [5.41, 5.74) is 0. The van der Waals surface area contributed by atoms with Crippen LogP contribution in [-0.2, 0) is 0 Å². The molecule has 0 aliphatic heterocycles. The summed E-state index contributed by atoms with van der Waals surface area (Å²) in [6.45, 7) is 9.26. The van der Waals surface area contributed by atoms with Gasteiger partial charge in [0.15, 0.2) is 0 Å². The molecule has 10 heavy (non-hydrogen) atoms. The fourth-order valence-corrected chi connectivity index (χ4v) is 1.66. The Morgan fingerprint density at radius 2 is 1.60 bits per heavy atom. The molecule has 0 aromatic heterocycles. The third-order valence-corrected chi connectivity index (χ3v) is 3.70. The Bertz CT molecular complexity index is 70.8. The van der Waals surface area contributed by atoms with Gasteiger partial charge in [-0.05, 0) is 17.8 Å². The van der Waals surface area contributed by atoms with Gasteiger partial charge in [-0.25, -0.2) is 0 Å². The summed E-state index contributed by atoms with van der Waals surface area (Å²) < 4.78 is 0. The first-order valence-electron chi connectivity index (χ1n) is 4.19. The van der Waals surface area contributed by atoms with Crippen molar-refractivity contribution >= 4 is 15.9 Å². The van der Waals surface area contributed by atoms with Crippen molar-refractivity contribution in [1.29, 1.82) is 0 Å². The zero-order valence-electron chi connectivity index (χ0n) is 7.52. The molecule has 0 saturated carbocycles. The number of hydrogen-bond acceptors (Lipinski definition) is 0. The van der Waals surface area contributed by atoms with Gasteiger partial charge in [-0.3, -0.25) is 0 Å². The first-order valence-corrected chi connectivity index (χ1v) is 5.31. The summed E-state index contributed by atoms with van der Waals surface area (Å²) in [6, 6.07) is 0. The first kappa shape index (κ1) is 10.5. The lowest BCUT2D eigenvalue weighted by molar-refractivity contribution is 0.294. The monoisotopic (exact) mass is 206 g/mol. The minimum atomic E-state index is 0.815. The van der Waals surface area contributed by atoms with Crippen LogP contribution in [0.4, 0.5) is 0 Å². The van der Waals surface area contributed by atoms with Crippen LogP contribution in [0.1, 0.15) is 34.1 Å². The summed E-state index contributed by atoms with van der Waals surface area (Å²) >= 11 is 3.51. The minimum Gasteiger partial charge on any atom is -0.0925 e. The molecule has 0 bridgehead atoms. The Morgan fingerprint density at radius 1 is 1.10 bits per heavy atom. The lowest BCUT2D eigenvalue weighted by Gasteiger charge is -2.23. The van der Waals surface area contributed by atoms with E-state index in [2.05, 4.69) is 43.6 Å². The van der Waals surface area contributed by atoms with E-state index in [1.165, 1.54) is 6.42 Å². The molecule has 0 fully saturated rings. The Labute approximate surface area is 73.5 Å². The molecule has 0 rings (SSSR count). The second kappa shape index (κ2) is 5.17. The highest BCUT2D eigenvalue weighted by Crippen LogP contribution is 2.23. The van der Waals surface area contributed by atoms with Crippen LogP contribution in [0, 0.1) is 17.8 Å². The lowest BCUT2D eigenvalue weighted by Crippen LogP contribution is -2.16. The normalized spacial score (nSPS) is 20.1.